The van der Waals surface area contributed by atoms with Crippen LogP contribution < -0.4 is 0 Å². The van der Waals surface area contributed by atoms with Gasteiger partial charge in [-0.3, -0.25) is 9.89 Å². The number of fused-ring (bicyclic) bond motifs is 5. The molecule has 3 heterocycles. The summed E-state index contributed by atoms with van der Waals surface area (Å²) in [7, 11) is 0. The number of piperidine rings is 3. The van der Waals surface area contributed by atoms with E-state index in [2.05, 4.69) is 65.6 Å². The van der Waals surface area contributed by atoms with Crippen molar-refractivity contribution in [2.45, 2.75) is 63.1 Å². The van der Waals surface area contributed by atoms with E-state index in [0.29, 0.717) is 5.92 Å². The molecule has 2 aliphatic carbocycles. The zero-order valence-electron chi connectivity index (χ0n) is 18.4. The van der Waals surface area contributed by atoms with Crippen LogP contribution in [0.5, 0.6) is 0 Å². The SMILES string of the molecule is OC(N=C1C2CCN(CC2)C1C(c1ccccc1)c1ccccc1)C12CCC(CC1)C2. The highest BCUT2D eigenvalue weighted by Crippen LogP contribution is 2.56. The average molecular weight is 415 g/mol. The van der Waals surface area contributed by atoms with Gasteiger partial charge in [0, 0.05) is 23.0 Å². The quantitative estimate of drug-likeness (QED) is 0.725. The third-order valence-corrected chi connectivity index (χ3v) is 8.89. The lowest BCUT2D eigenvalue weighted by atomic mass is 9.72. The number of rotatable bonds is 5. The Morgan fingerprint density at radius 3 is 1.94 bits per heavy atom. The predicted octanol–water partition coefficient (Wildman–Crippen LogP) is 5.25. The first kappa shape index (κ1) is 19.7. The fraction of sp³-hybridized carbons (Fsp3) is 0.536. The van der Waals surface area contributed by atoms with Crippen molar-refractivity contribution < 1.29 is 5.11 Å². The topological polar surface area (TPSA) is 35.8 Å². The summed E-state index contributed by atoms with van der Waals surface area (Å²) in [6, 6.07) is 22.2. The molecule has 4 bridgehead atoms. The van der Waals surface area contributed by atoms with Crippen LogP contribution in [0.25, 0.3) is 0 Å². The third kappa shape index (κ3) is 3.37. The standard InChI is InChI=1S/C28H34N2O/c31-27(28-15-11-20(19-28)12-16-28)29-25-23-13-17-30(18-14-23)26(25)24(21-7-3-1-4-8-21)22-9-5-2-6-10-22/h1-10,20,23-24,26-27,31H,11-19H2. The summed E-state index contributed by atoms with van der Waals surface area (Å²) in [5.41, 5.74) is 4.05. The molecule has 2 aromatic rings. The summed E-state index contributed by atoms with van der Waals surface area (Å²) in [6.07, 6.45) is 7.94. The third-order valence-electron chi connectivity index (χ3n) is 8.89. The van der Waals surface area contributed by atoms with Crippen molar-refractivity contribution in [2.75, 3.05) is 13.1 Å². The molecule has 2 saturated carbocycles. The molecule has 0 spiro atoms. The highest BCUT2D eigenvalue weighted by atomic mass is 16.3. The summed E-state index contributed by atoms with van der Waals surface area (Å²) < 4.78 is 0. The van der Waals surface area contributed by atoms with Crippen molar-refractivity contribution in [3.63, 3.8) is 0 Å². The van der Waals surface area contributed by atoms with Gasteiger partial charge in [-0.25, -0.2) is 0 Å². The second-order valence-electron chi connectivity index (χ2n) is 10.5. The Bertz CT molecular complexity index is 884. The first-order valence-corrected chi connectivity index (χ1v) is 12.3. The van der Waals surface area contributed by atoms with Gasteiger partial charge in [-0.05, 0) is 75.1 Å². The van der Waals surface area contributed by atoms with E-state index < -0.39 is 6.23 Å². The second-order valence-corrected chi connectivity index (χ2v) is 10.5. The first-order chi connectivity index (χ1) is 15.2. The lowest BCUT2D eigenvalue weighted by Gasteiger charge is -2.50. The van der Waals surface area contributed by atoms with Gasteiger partial charge in [0.2, 0.25) is 0 Å². The monoisotopic (exact) mass is 414 g/mol. The van der Waals surface area contributed by atoms with Gasteiger partial charge in [0.25, 0.3) is 0 Å². The van der Waals surface area contributed by atoms with E-state index in [1.54, 1.807) is 0 Å². The normalized spacial score (nSPS) is 36.4. The minimum absolute atomic E-state index is 0.0588. The van der Waals surface area contributed by atoms with Gasteiger partial charge in [-0.1, -0.05) is 60.7 Å². The zero-order valence-corrected chi connectivity index (χ0v) is 18.4. The van der Waals surface area contributed by atoms with Crippen LogP contribution in [0.15, 0.2) is 65.7 Å². The minimum Gasteiger partial charge on any atom is -0.371 e. The molecule has 0 aromatic heterocycles. The molecule has 3 aliphatic heterocycles. The van der Waals surface area contributed by atoms with Crippen molar-refractivity contribution in [3.05, 3.63) is 71.8 Å². The van der Waals surface area contributed by atoms with Crippen molar-refractivity contribution in [1.82, 2.24) is 4.90 Å². The van der Waals surface area contributed by atoms with E-state index in [4.69, 9.17) is 4.99 Å². The van der Waals surface area contributed by atoms with Crippen molar-refractivity contribution in [2.24, 2.45) is 22.2 Å². The maximum Gasteiger partial charge on any atom is 0.150 e. The van der Waals surface area contributed by atoms with Crippen LogP contribution in [0.2, 0.25) is 0 Å². The van der Waals surface area contributed by atoms with E-state index in [-0.39, 0.29) is 17.4 Å². The molecule has 3 nitrogen and oxygen atoms in total. The van der Waals surface area contributed by atoms with E-state index in [9.17, 15) is 5.11 Å². The van der Waals surface area contributed by atoms with Gasteiger partial charge in [-0.15, -0.1) is 0 Å². The van der Waals surface area contributed by atoms with E-state index in [1.807, 2.05) is 0 Å². The van der Waals surface area contributed by atoms with Crippen molar-refractivity contribution >= 4 is 5.71 Å². The minimum atomic E-state index is -0.523. The Morgan fingerprint density at radius 1 is 0.839 bits per heavy atom. The number of hydrogen-bond donors (Lipinski definition) is 1. The molecule has 7 rings (SSSR count). The largest absolute Gasteiger partial charge is 0.371 e. The molecule has 2 aromatic carbocycles. The van der Waals surface area contributed by atoms with Crippen LogP contribution in [0, 0.1) is 17.3 Å². The molecule has 2 atom stereocenters. The summed E-state index contributed by atoms with van der Waals surface area (Å²) in [5.74, 6) is 1.61. The molecule has 0 amide bonds. The van der Waals surface area contributed by atoms with E-state index >= 15 is 0 Å². The first-order valence-electron chi connectivity index (χ1n) is 12.3. The maximum absolute atomic E-state index is 11.4. The van der Waals surface area contributed by atoms with Crippen LogP contribution in [0.3, 0.4) is 0 Å². The maximum atomic E-state index is 11.4. The van der Waals surface area contributed by atoms with Gasteiger partial charge >= 0.3 is 0 Å². The molecular weight excluding hydrogens is 380 g/mol. The number of hydrogen-bond acceptors (Lipinski definition) is 3. The summed E-state index contributed by atoms with van der Waals surface area (Å²) in [4.78, 5) is 7.91. The Kier molecular flexibility index (Phi) is 5.00. The Hall–Kier alpha value is -1.97. The van der Waals surface area contributed by atoms with Gasteiger partial charge in [0.15, 0.2) is 6.23 Å². The highest BCUT2D eigenvalue weighted by Gasteiger charge is 2.51. The molecule has 3 heteroatoms. The number of nitrogens with zero attached hydrogens (tertiary/aromatic N) is 2. The van der Waals surface area contributed by atoms with Crippen molar-refractivity contribution in [1.29, 1.82) is 0 Å². The number of benzene rings is 2. The molecule has 1 N–H and O–H groups in total. The second kappa shape index (κ2) is 7.86. The highest BCUT2D eigenvalue weighted by molar-refractivity contribution is 5.94. The molecule has 5 fully saturated rings. The molecule has 5 aliphatic rings. The predicted molar refractivity (Wildman–Crippen MR) is 125 cm³/mol. The summed E-state index contributed by atoms with van der Waals surface area (Å²) >= 11 is 0. The fourth-order valence-corrected chi connectivity index (χ4v) is 7.22. The molecule has 3 saturated heterocycles. The lowest BCUT2D eigenvalue weighted by molar-refractivity contribution is 0.0351. The summed E-state index contributed by atoms with van der Waals surface area (Å²) in [6.45, 7) is 2.29. The van der Waals surface area contributed by atoms with Crippen LogP contribution in [-0.4, -0.2) is 41.1 Å². The van der Waals surface area contributed by atoms with Gasteiger partial charge < -0.3 is 5.11 Å². The fourth-order valence-electron chi connectivity index (χ4n) is 7.22. The average Bonchev–Trinajstić information content (AvgIpc) is 3.45. The Labute approximate surface area is 186 Å². The smallest absolute Gasteiger partial charge is 0.150 e. The zero-order chi connectivity index (χ0) is 20.8. The number of aliphatic hydroxyl groups is 1. The van der Waals surface area contributed by atoms with Crippen LogP contribution in [-0.2, 0) is 0 Å². The molecule has 162 valence electrons. The van der Waals surface area contributed by atoms with E-state index in [1.165, 1.54) is 48.9 Å². The molecular formula is C28H34N2O. The number of aliphatic hydroxyl groups excluding tert-OH is 1. The van der Waals surface area contributed by atoms with Crippen LogP contribution in [0.4, 0.5) is 0 Å². The Balaban J connectivity index is 1.43. The van der Waals surface area contributed by atoms with E-state index in [0.717, 1.165) is 31.8 Å². The molecule has 0 radical (unpaired) electrons. The van der Waals surface area contributed by atoms with Crippen LogP contribution >= 0.6 is 0 Å². The van der Waals surface area contributed by atoms with Crippen molar-refractivity contribution in [3.8, 4) is 0 Å². The van der Waals surface area contributed by atoms with Gasteiger partial charge in [-0.2, -0.15) is 0 Å². The van der Waals surface area contributed by atoms with Crippen LogP contribution in [0.1, 0.15) is 62.0 Å². The Morgan fingerprint density at radius 2 is 1.42 bits per heavy atom. The van der Waals surface area contributed by atoms with Gasteiger partial charge in [0.05, 0.1) is 6.04 Å². The molecule has 2 unspecified atom stereocenters. The molecule has 31 heavy (non-hydrogen) atoms. The summed E-state index contributed by atoms with van der Waals surface area (Å²) in [5, 5.41) is 11.4. The lowest BCUT2D eigenvalue weighted by Crippen LogP contribution is -2.58. The van der Waals surface area contributed by atoms with Gasteiger partial charge in [0.1, 0.15) is 0 Å². The number of aliphatic imine (C=N–C) groups is 1.